The van der Waals surface area contributed by atoms with E-state index >= 15 is 0 Å². The third-order valence-corrected chi connectivity index (χ3v) is 5.12. The van der Waals surface area contributed by atoms with Crippen LogP contribution in [0.5, 0.6) is 17.2 Å². The van der Waals surface area contributed by atoms with E-state index < -0.39 is 11.0 Å². The lowest BCUT2D eigenvalue weighted by molar-refractivity contribution is 0.0916. The van der Waals surface area contributed by atoms with Gasteiger partial charge in [-0.05, 0) is 37.3 Å². The van der Waals surface area contributed by atoms with E-state index in [-0.39, 0.29) is 28.6 Å². The van der Waals surface area contributed by atoms with E-state index in [1.165, 1.54) is 12.1 Å². The third kappa shape index (κ3) is 6.17. The van der Waals surface area contributed by atoms with Gasteiger partial charge in [-0.1, -0.05) is 22.5 Å². The van der Waals surface area contributed by atoms with Crippen LogP contribution in [0.2, 0.25) is 0 Å². The highest BCUT2D eigenvalue weighted by Gasteiger charge is 2.15. The smallest absolute Gasteiger partial charge is 0.321 e. The molecule has 1 unspecified atom stereocenters. The maximum absolute atomic E-state index is 13.3. The summed E-state index contributed by atoms with van der Waals surface area (Å²) in [5, 5.41) is 18.5. The Morgan fingerprint density at radius 3 is 2.77 bits per heavy atom. The van der Waals surface area contributed by atoms with Crippen LogP contribution in [0.4, 0.5) is 9.52 Å². The summed E-state index contributed by atoms with van der Waals surface area (Å²) < 4.78 is 35.5. The first-order valence-electron chi connectivity index (χ1n) is 10.2. The van der Waals surface area contributed by atoms with Crippen molar-refractivity contribution >= 4 is 22.4 Å². The second-order valence-electron chi connectivity index (χ2n) is 7.15. The molecule has 35 heavy (non-hydrogen) atoms. The van der Waals surface area contributed by atoms with Crippen molar-refractivity contribution in [3.05, 3.63) is 65.2 Å². The number of nitriles is 1. The number of thiazole rings is 1. The Hall–Kier alpha value is -4.34. The van der Waals surface area contributed by atoms with Crippen molar-refractivity contribution in [3.8, 4) is 34.8 Å². The fourth-order valence-electron chi connectivity index (χ4n) is 3.03. The second-order valence-corrected chi connectivity index (χ2v) is 8.14. The van der Waals surface area contributed by atoms with E-state index in [2.05, 4.69) is 20.5 Å². The monoisotopic (exact) mass is 495 g/mol. The molecule has 0 fully saturated rings. The topological polar surface area (TPSA) is 132 Å². The Bertz CT molecular complexity index is 1380. The molecule has 2 aromatic heterocycles. The number of benzene rings is 2. The molecule has 1 N–H and O–H groups in total. The molecule has 0 aliphatic heterocycles. The highest BCUT2D eigenvalue weighted by Crippen LogP contribution is 2.31. The third-order valence-electron chi connectivity index (χ3n) is 4.42. The SMILES string of the molecule is COCC(C)Oc1cc(Oc2cccc(-c3nnc(C#N)o3)c2)cc(C(=O)Nc2ncc(F)s2)c1. The summed E-state index contributed by atoms with van der Waals surface area (Å²) in [6.07, 6.45) is 0.728. The van der Waals surface area contributed by atoms with Gasteiger partial charge in [-0.15, -0.1) is 5.10 Å². The highest BCUT2D eigenvalue weighted by atomic mass is 32.1. The minimum Gasteiger partial charge on any atom is -0.488 e. The number of amides is 1. The van der Waals surface area contributed by atoms with Gasteiger partial charge in [0.1, 0.15) is 23.4 Å². The lowest BCUT2D eigenvalue weighted by atomic mass is 10.1. The fraction of sp³-hybridized carbons (Fsp3) is 0.174. The average Bonchev–Trinajstić information content (AvgIpc) is 3.48. The summed E-state index contributed by atoms with van der Waals surface area (Å²) in [7, 11) is 1.56. The molecular weight excluding hydrogens is 477 g/mol. The largest absolute Gasteiger partial charge is 0.488 e. The van der Waals surface area contributed by atoms with Gasteiger partial charge in [0.15, 0.2) is 16.3 Å². The van der Waals surface area contributed by atoms with Gasteiger partial charge in [0.25, 0.3) is 5.91 Å². The predicted molar refractivity (Wildman–Crippen MR) is 123 cm³/mol. The summed E-state index contributed by atoms with van der Waals surface area (Å²) in [4.78, 5) is 16.6. The van der Waals surface area contributed by atoms with E-state index in [9.17, 15) is 9.18 Å². The molecule has 0 aliphatic rings. The Kier molecular flexibility index (Phi) is 7.30. The van der Waals surface area contributed by atoms with Gasteiger partial charge in [0.05, 0.1) is 12.8 Å². The summed E-state index contributed by atoms with van der Waals surface area (Å²) >= 11 is 0.713. The van der Waals surface area contributed by atoms with Crippen LogP contribution in [0.15, 0.2) is 53.1 Å². The molecule has 2 aromatic carbocycles. The number of carbonyl (C=O) groups excluding carboxylic acids is 1. The Balaban J connectivity index is 1.61. The number of nitrogens with one attached hydrogen (secondary N) is 1. The molecule has 0 saturated heterocycles. The maximum atomic E-state index is 13.3. The number of carbonyl (C=O) groups is 1. The zero-order valence-corrected chi connectivity index (χ0v) is 19.3. The van der Waals surface area contributed by atoms with Crippen LogP contribution in [-0.4, -0.2) is 40.9 Å². The summed E-state index contributed by atoms with van der Waals surface area (Å²) in [6.45, 7) is 2.15. The van der Waals surface area contributed by atoms with Gasteiger partial charge in [-0.25, -0.2) is 4.98 Å². The number of halogens is 1. The molecule has 1 amide bonds. The second kappa shape index (κ2) is 10.7. The Morgan fingerprint density at radius 2 is 2.06 bits per heavy atom. The first kappa shape index (κ1) is 23.8. The predicted octanol–water partition coefficient (Wildman–Crippen LogP) is 4.66. The molecule has 0 spiro atoms. The zero-order chi connectivity index (χ0) is 24.8. The highest BCUT2D eigenvalue weighted by molar-refractivity contribution is 7.14. The number of hydrogen-bond acceptors (Lipinski definition) is 10. The quantitative estimate of drug-likeness (QED) is 0.352. The Morgan fingerprint density at radius 1 is 1.23 bits per heavy atom. The van der Waals surface area contributed by atoms with Crippen molar-refractivity contribution in [3.63, 3.8) is 0 Å². The molecule has 4 aromatic rings. The Labute approximate surface area is 202 Å². The van der Waals surface area contributed by atoms with Crippen LogP contribution in [0.1, 0.15) is 23.2 Å². The van der Waals surface area contributed by atoms with E-state index in [4.69, 9.17) is 23.9 Å². The molecule has 0 aliphatic carbocycles. The minimum absolute atomic E-state index is 0.123. The summed E-state index contributed by atoms with van der Waals surface area (Å²) in [5.41, 5.74) is 0.755. The van der Waals surface area contributed by atoms with Crippen molar-refractivity contribution in [1.82, 2.24) is 15.2 Å². The minimum atomic E-state index is -0.516. The maximum Gasteiger partial charge on any atom is 0.321 e. The average molecular weight is 495 g/mol. The molecule has 2 heterocycles. The molecule has 10 nitrogen and oxygen atoms in total. The van der Waals surface area contributed by atoms with E-state index in [0.717, 1.165) is 6.20 Å². The van der Waals surface area contributed by atoms with Gasteiger partial charge in [-0.2, -0.15) is 9.65 Å². The fourth-order valence-corrected chi connectivity index (χ4v) is 3.57. The van der Waals surface area contributed by atoms with Crippen molar-refractivity contribution in [2.75, 3.05) is 19.0 Å². The van der Waals surface area contributed by atoms with Crippen molar-refractivity contribution < 1.29 is 27.8 Å². The van der Waals surface area contributed by atoms with Crippen LogP contribution < -0.4 is 14.8 Å². The lowest BCUT2D eigenvalue weighted by Gasteiger charge is -2.16. The van der Waals surface area contributed by atoms with Crippen LogP contribution in [0.3, 0.4) is 0 Å². The molecule has 0 radical (unpaired) electrons. The van der Waals surface area contributed by atoms with Crippen molar-refractivity contribution in [2.45, 2.75) is 13.0 Å². The van der Waals surface area contributed by atoms with Crippen molar-refractivity contribution in [1.29, 1.82) is 5.26 Å². The van der Waals surface area contributed by atoms with E-state index in [1.54, 1.807) is 43.5 Å². The first-order valence-corrected chi connectivity index (χ1v) is 11.0. The number of rotatable bonds is 9. The number of nitrogens with zero attached hydrogens (tertiary/aromatic N) is 4. The molecular formula is C23H18FN5O5S. The molecule has 1 atom stereocenters. The van der Waals surface area contributed by atoms with Crippen LogP contribution in [0.25, 0.3) is 11.5 Å². The lowest BCUT2D eigenvalue weighted by Crippen LogP contribution is -2.18. The molecule has 0 bridgehead atoms. The van der Waals surface area contributed by atoms with Crippen molar-refractivity contribution in [2.24, 2.45) is 0 Å². The van der Waals surface area contributed by atoms with Gasteiger partial charge in [0, 0.05) is 24.3 Å². The van der Waals surface area contributed by atoms with Gasteiger partial charge in [-0.3, -0.25) is 10.1 Å². The first-order chi connectivity index (χ1) is 16.9. The van der Waals surface area contributed by atoms with Crippen LogP contribution >= 0.6 is 11.3 Å². The summed E-state index contributed by atoms with van der Waals surface area (Å²) in [6, 6.07) is 13.2. The van der Waals surface area contributed by atoms with Gasteiger partial charge in [0.2, 0.25) is 5.89 Å². The number of aromatic nitrogens is 3. The van der Waals surface area contributed by atoms with Gasteiger partial charge >= 0.3 is 5.89 Å². The molecule has 4 rings (SSSR count). The van der Waals surface area contributed by atoms with E-state index in [0.29, 0.717) is 40.8 Å². The van der Waals surface area contributed by atoms with Gasteiger partial charge < -0.3 is 18.6 Å². The number of ether oxygens (including phenoxy) is 3. The number of methoxy groups -OCH3 is 1. The normalized spacial score (nSPS) is 11.5. The number of hydrogen-bond donors (Lipinski definition) is 1. The standard InChI is InChI=1S/C23H18FN5O5S/c1-13(12-31-2)32-17-7-15(21(30)27-23-26-11-19(24)35-23)8-18(9-17)33-16-5-3-4-14(6-16)22-29-28-20(10-25)34-22/h3-9,11,13H,12H2,1-2H3,(H,26,27,30). The molecule has 12 heteroatoms. The number of anilines is 1. The van der Waals surface area contributed by atoms with Crippen LogP contribution in [-0.2, 0) is 4.74 Å². The van der Waals surface area contributed by atoms with E-state index in [1.807, 2.05) is 6.92 Å². The zero-order valence-electron chi connectivity index (χ0n) is 18.5. The summed E-state index contributed by atoms with van der Waals surface area (Å²) in [5.74, 6) is 0.579. The molecule has 178 valence electrons. The molecule has 0 saturated carbocycles. The van der Waals surface area contributed by atoms with Crippen LogP contribution in [0, 0.1) is 16.5 Å².